The first-order valence-corrected chi connectivity index (χ1v) is 6.42. The van der Waals surface area contributed by atoms with E-state index in [4.69, 9.17) is 5.73 Å². The molecule has 2 heteroatoms. The van der Waals surface area contributed by atoms with Crippen molar-refractivity contribution in [3.05, 3.63) is 24.3 Å². The summed E-state index contributed by atoms with van der Waals surface area (Å²) in [4.78, 5) is 2.52. The number of para-hydroxylation sites is 2. The van der Waals surface area contributed by atoms with Gasteiger partial charge in [-0.15, -0.1) is 0 Å². The van der Waals surface area contributed by atoms with Gasteiger partial charge < -0.3 is 10.6 Å². The fourth-order valence-electron chi connectivity index (χ4n) is 2.27. The van der Waals surface area contributed by atoms with E-state index < -0.39 is 0 Å². The van der Waals surface area contributed by atoms with E-state index in [0.29, 0.717) is 0 Å². The van der Waals surface area contributed by atoms with Crippen LogP contribution in [0.15, 0.2) is 24.3 Å². The molecule has 16 heavy (non-hydrogen) atoms. The molecule has 0 amide bonds. The van der Waals surface area contributed by atoms with Gasteiger partial charge in [0, 0.05) is 13.1 Å². The van der Waals surface area contributed by atoms with E-state index in [1.807, 2.05) is 12.1 Å². The number of nitrogens with two attached hydrogens (primary N) is 1. The van der Waals surface area contributed by atoms with E-state index in [9.17, 15) is 0 Å². The average Bonchev–Trinajstić information content (AvgIpc) is 3.12. The van der Waals surface area contributed by atoms with E-state index in [2.05, 4.69) is 17.0 Å². The predicted molar refractivity (Wildman–Crippen MR) is 68.5 cm³/mol. The highest BCUT2D eigenvalue weighted by atomic mass is 15.1. The van der Waals surface area contributed by atoms with Crippen LogP contribution in [0.25, 0.3) is 0 Å². The smallest absolute Gasteiger partial charge is 0.0600 e. The summed E-state index contributed by atoms with van der Waals surface area (Å²) in [6, 6.07) is 8.30. The highest BCUT2D eigenvalue weighted by molar-refractivity contribution is 5.67. The number of nitrogen functional groups attached to an aromatic ring is 1. The number of benzene rings is 1. The lowest BCUT2D eigenvalue weighted by atomic mass is 10.2. The molecule has 0 unspecified atom stereocenters. The van der Waals surface area contributed by atoms with Crippen LogP contribution in [0.1, 0.15) is 25.7 Å². The van der Waals surface area contributed by atoms with E-state index in [1.54, 1.807) is 0 Å². The van der Waals surface area contributed by atoms with Crippen molar-refractivity contribution in [1.29, 1.82) is 0 Å². The maximum absolute atomic E-state index is 6.07. The quantitative estimate of drug-likeness (QED) is 0.767. The van der Waals surface area contributed by atoms with Crippen LogP contribution >= 0.6 is 0 Å². The molecule has 1 aromatic rings. The lowest BCUT2D eigenvalue weighted by Crippen LogP contribution is -2.28. The van der Waals surface area contributed by atoms with Gasteiger partial charge in [0.2, 0.25) is 0 Å². The maximum atomic E-state index is 6.07. The van der Waals surface area contributed by atoms with Crippen LogP contribution in [-0.2, 0) is 0 Å². The topological polar surface area (TPSA) is 29.3 Å². The molecule has 2 aliphatic rings. The first kappa shape index (κ1) is 10.0. The lowest BCUT2D eigenvalue weighted by Gasteiger charge is -2.26. The second-order valence-electron chi connectivity index (χ2n) is 5.35. The third kappa shape index (κ3) is 2.31. The van der Waals surface area contributed by atoms with Crippen LogP contribution in [0.3, 0.4) is 0 Å². The Labute approximate surface area is 97.4 Å². The Morgan fingerprint density at radius 1 is 1.00 bits per heavy atom. The van der Waals surface area contributed by atoms with E-state index in [0.717, 1.165) is 17.5 Å². The van der Waals surface area contributed by atoms with E-state index in [-0.39, 0.29) is 0 Å². The van der Waals surface area contributed by atoms with Gasteiger partial charge in [-0.25, -0.2) is 0 Å². The molecule has 2 N–H and O–H groups in total. The fourth-order valence-corrected chi connectivity index (χ4v) is 2.27. The molecule has 2 saturated carbocycles. The van der Waals surface area contributed by atoms with Gasteiger partial charge in [0.15, 0.2) is 0 Å². The Balaban J connectivity index is 1.76. The lowest BCUT2D eigenvalue weighted by molar-refractivity contribution is 0.680. The van der Waals surface area contributed by atoms with Gasteiger partial charge >= 0.3 is 0 Å². The van der Waals surface area contributed by atoms with Gasteiger partial charge in [0.05, 0.1) is 11.4 Å². The van der Waals surface area contributed by atoms with Crippen LogP contribution in [-0.4, -0.2) is 13.1 Å². The van der Waals surface area contributed by atoms with Crippen LogP contribution < -0.4 is 10.6 Å². The van der Waals surface area contributed by atoms with Crippen LogP contribution in [0, 0.1) is 11.8 Å². The first-order valence-electron chi connectivity index (χ1n) is 6.42. The summed E-state index contributed by atoms with van der Waals surface area (Å²) in [5, 5.41) is 0. The molecule has 0 radical (unpaired) electrons. The summed E-state index contributed by atoms with van der Waals surface area (Å²) < 4.78 is 0. The summed E-state index contributed by atoms with van der Waals surface area (Å²) in [5.41, 5.74) is 8.26. The molecular weight excluding hydrogens is 196 g/mol. The fraction of sp³-hybridized carbons (Fsp3) is 0.571. The number of nitrogens with zero attached hydrogens (tertiary/aromatic N) is 1. The third-order valence-electron chi connectivity index (χ3n) is 3.63. The Bertz CT molecular complexity index is 353. The maximum Gasteiger partial charge on any atom is 0.0600 e. The molecule has 0 heterocycles. The molecule has 2 fully saturated rings. The third-order valence-corrected chi connectivity index (χ3v) is 3.63. The largest absolute Gasteiger partial charge is 0.397 e. The highest BCUT2D eigenvalue weighted by Gasteiger charge is 2.29. The molecule has 0 aliphatic heterocycles. The molecule has 1 aromatic carbocycles. The predicted octanol–water partition coefficient (Wildman–Crippen LogP) is 2.90. The van der Waals surface area contributed by atoms with Crippen LogP contribution in [0.4, 0.5) is 11.4 Å². The minimum Gasteiger partial charge on any atom is -0.397 e. The van der Waals surface area contributed by atoms with Crippen LogP contribution in [0.2, 0.25) is 0 Å². The van der Waals surface area contributed by atoms with Gasteiger partial charge in [-0.2, -0.15) is 0 Å². The monoisotopic (exact) mass is 216 g/mol. The molecule has 0 bridgehead atoms. The number of rotatable bonds is 5. The highest BCUT2D eigenvalue weighted by Crippen LogP contribution is 2.37. The SMILES string of the molecule is Nc1ccccc1N(CC1CC1)CC1CC1. The zero-order valence-electron chi connectivity index (χ0n) is 9.73. The molecule has 3 rings (SSSR count). The Morgan fingerprint density at radius 2 is 1.56 bits per heavy atom. The summed E-state index contributed by atoms with van der Waals surface area (Å²) in [7, 11) is 0. The number of anilines is 2. The van der Waals surface area contributed by atoms with Crippen molar-refractivity contribution in [3.8, 4) is 0 Å². The number of hydrogen-bond acceptors (Lipinski definition) is 2. The second kappa shape index (κ2) is 4.00. The van der Waals surface area contributed by atoms with Crippen molar-refractivity contribution in [2.45, 2.75) is 25.7 Å². The molecule has 0 atom stereocenters. The van der Waals surface area contributed by atoms with Gasteiger partial charge in [-0.1, -0.05) is 12.1 Å². The van der Waals surface area contributed by atoms with Crippen molar-refractivity contribution >= 4 is 11.4 Å². The summed E-state index contributed by atoms with van der Waals surface area (Å²) in [6.45, 7) is 2.43. The molecule has 0 spiro atoms. The van der Waals surface area contributed by atoms with Crippen molar-refractivity contribution in [2.75, 3.05) is 23.7 Å². The molecule has 86 valence electrons. The van der Waals surface area contributed by atoms with Gasteiger partial charge in [-0.3, -0.25) is 0 Å². The molecule has 0 aromatic heterocycles. The summed E-state index contributed by atoms with van der Waals surface area (Å²) in [5.74, 6) is 1.86. The average molecular weight is 216 g/mol. The first-order chi connectivity index (χ1) is 7.83. The summed E-state index contributed by atoms with van der Waals surface area (Å²) in [6.07, 6.45) is 5.64. The molecule has 2 aliphatic carbocycles. The number of hydrogen-bond donors (Lipinski definition) is 1. The minimum absolute atomic E-state index is 0.929. The normalized spacial score (nSPS) is 19.8. The van der Waals surface area contributed by atoms with Gasteiger partial charge in [0.1, 0.15) is 0 Å². The molecular formula is C14H20N2. The minimum atomic E-state index is 0.929. The second-order valence-corrected chi connectivity index (χ2v) is 5.35. The summed E-state index contributed by atoms with van der Waals surface area (Å²) >= 11 is 0. The van der Waals surface area contributed by atoms with Gasteiger partial charge in [-0.05, 0) is 49.7 Å². The molecule has 0 saturated heterocycles. The Hall–Kier alpha value is -1.18. The Kier molecular flexibility index (Phi) is 2.50. The van der Waals surface area contributed by atoms with E-state index >= 15 is 0 Å². The Morgan fingerprint density at radius 3 is 2.06 bits per heavy atom. The zero-order valence-corrected chi connectivity index (χ0v) is 9.73. The van der Waals surface area contributed by atoms with Crippen LogP contribution in [0.5, 0.6) is 0 Å². The van der Waals surface area contributed by atoms with E-state index in [1.165, 1.54) is 44.5 Å². The zero-order chi connectivity index (χ0) is 11.0. The van der Waals surface area contributed by atoms with Crippen molar-refractivity contribution in [2.24, 2.45) is 11.8 Å². The van der Waals surface area contributed by atoms with Gasteiger partial charge in [0.25, 0.3) is 0 Å². The molecule has 2 nitrogen and oxygen atoms in total. The van der Waals surface area contributed by atoms with Crippen molar-refractivity contribution in [3.63, 3.8) is 0 Å². The standard InChI is InChI=1S/C14H20N2/c15-13-3-1-2-4-14(13)16(9-11-5-6-11)10-12-7-8-12/h1-4,11-12H,5-10,15H2. The van der Waals surface area contributed by atoms with Crippen molar-refractivity contribution in [1.82, 2.24) is 0 Å². The van der Waals surface area contributed by atoms with Crippen molar-refractivity contribution < 1.29 is 0 Å².